The number of thioether (sulfide) groups is 1. The molecule has 1 fully saturated rings. The molecule has 2 N–H and O–H groups in total. The van der Waals surface area contributed by atoms with Gasteiger partial charge in [-0.25, -0.2) is 9.88 Å². The Morgan fingerprint density at radius 2 is 2.14 bits per heavy atom. The highest BCUT2D eigenvalue weighted by Gasteiger charge is 2.41. The number of methoxy groups -OCH3 is 1. The largest absolute Gasteiger partial charge is 0.497 e. The van der Waals surface area contributed by atoms with Crippen LogP contribution in [0.1, 0.15) is 12.1 Å². The highest BCUT2D eigenvalue weighted by molar-refractivity contribution is 8.15. The standard InChI is InChI=1S/C17H15N3O6S2/c1-26-11-4-2-3-10(6-11)20-15(24)12(28-17(20)25)7-13(21)19-16-18-9(8-27-16)5-14(22)23/h2-4,6,8,12H,5,7H2,1H3,(H,22,23)(H,18,19,21). The van der Waals surface area contributed by atoms with Crippen LogP contribution in [0.3, 0.4) is 0 Å². The molecule has 9 nitrogen and oxygen atoms in total. The number of nitrogens with one attached hydrogen (secondary N) is 1. The second-order valence-corrected chi connectivity index (χ2v) is 7.73. The Bertz CT molecular complexity index is 944. The number of hydrogen-bond donors (Lipinski definition) is 2. The number of nitrogens with zero attached hydrogens (tertiary/aromatic N) is 2. The van der Waals surface area contributed by atoms with Crippen molar-refractivity contribution in [3.05, 3.63) is 35.3 Å². The number of carboxylic acid groups (broad SMARTS) is 1. The first-order chi connectivity index (χ1) is 13.4. The molecule has 0 spiro atoms. The number of aliphatic carboxylic acids is 1. The molecular formula is C17H15N3O6S2. The van der Waals surface area contributed by atoms with Crippen LogP contribution in [0.4, 0.5) is 15.6 Å². The molecule has 1 aliphatic rings. The van der Waals surface area contributed by atoms with Crippen molar-refractivity contribution in [1.29, 1.82) is 0 Å². The summed E-state index contributed by atoms with van der Waals surface area (Å²) in [5.41, 5.74) is 0.710. The minimum Gasteiger partial charge on any atom is -0.497 e. The molecule has 1 aliphatic heterocycles. The van der Waals surface area contributed by atoms with Crippen LogP contribution in [-0.2, 0) is 20.8 Å². The smallest absolute Gasteiger partial charge is 0.309 e. The minimum atomic E-state index is -1.02. The fraction of sp³-hybridized carbons (Fsp3) is 0.235. The summed E-state index contributed by atoms with van der Waals surface area (Å²) in [6.07, 6.45) is -0.448. The monoisotopic (exact) mass is 421 g/mol. The summed E-state index contributed by atoms with van der Waals surface area (Å²) < 4.78 is 5.11. The highest BCUT2D eigenvalue weighted by atomic mass is 32.2. The van der Waals surface area contributed by atoms with E-state index in [0.29, 0.717) is 17.1 Å². The van der Waals surface area contributed by atoms with Gasteiger partial charge in [0.2, 0.25) is 11.8 Å². The fourth-order valence-electron chi connectivity index (χ4n) is 2.51. The molecule has 146 valence electrons. The lowest BCUT2D eigenvalue weighted by Crippen LogP contribution is -2.32. The number of rotatable bonds is 7. The molecule has 11 heteroatoms. The maximum Gasteiger partial charge on any atom is 0.309 e. The Morgan fingerprint density at radius 1 is 1.36 bits per heavy atom. The molecule has 2 heterocycles. The first-order valence-electron chi connectivity index (χ1n) is 8.02. The Morgan fingerprint density at radius 3 is 2.86 bits per heavy atom. The van der Waals surface area contributed by atoms with Crippen molar-refractivity contribution in [3.8, 4) is 5.75 Å². The number of carbonyl (C=O) groups excluding carboxylic acids is 3. The van der Waals surface area contributed by atoms with E-state index in [0.717, 1.165) is 28.0 Å². The van der Waals surface area contributed by atoms with E-state index < -0.39 is 28.3 Å². The maximum absolute atomic E-state index is 12.6. The number of amides is 3. The Hall–Kier alpha value is -2.92. The topological polar surface area (TPSA) is 126 Å². The summed E-state index contributed by atoms with van der Waals surface area (Å²) in [7, 11) is 1.48. The number of imide groups is 1. The quantitative estimate of drug-likeness (QED) is 0.698. The molecule has 0 saturated carbocycles. The first kappa shape index (κ1) is 19.8. The highest BCUT2D eigenvalue weighted by Crippen LogP contribution is 2.34. The number of anilines is 2. The number of benzene rings is 1. The zero-order chi connectivity index (χ0) is 20.3. The zero-order valence-corrected chi connectivity index (χ0v) is 16.2. The fourth-order valence-corrected chi connectivity index (χ4v) is 4.22. The van der Waals surface area contributed by atoms with Gasteiger partial charge in [0.15, 0.2) is 5.13 Å². The molecule has 1 unspecified atom stereocenters. The normalized spacial score (nSPS) is 16.3. The van der Waals surface area contributed by atoms with Crippen molar-refractivity contribution in [2.75, 3.05) is 17.3 Å². The average molecular weight is 421 g/mol. The van der Waals surface area contributed by atoms with E-state index in [9.17, 15) is 19.2 Å². The van der Waals surface area contributed by atoms with Gasteiger partial charge in [0.25, 0.3) is 5.24 Å². The molecule has 3 amide bonds. The lowest BCUT2D eigenvalue weighted by molar-refractivity contribution is -0.136. The number of carboxylic acids is 1. The van der Waals surface area contributed by atoms with E-state index in [1.165, 1.54) is 12.5 Å². The molecule has 1 aromatic carbocycles. The number of aromatic nitrogens is 1. The predicted octanol–water partition coefficient (Wildman–Crippen LogP) is 2.38. The lowest BCUT2D eigenvalue weighted by atomic mass is 10.2. The second kappa shape index (κ2) is 8.40. The van der Waals surface area contributed by atoms with E-state index in [-0.39, 0.29) is 18.0 Å². The van der Waals surface area contributed by atoms with Crippen LogP contribution in [0, 0.1) is 0 Å². The molecule has 0 radical (unpaired) electrons. The van der Waals surface area contributed by atoms with Crippen molar-refractivity contribution >= 4 is 56.9 Å². The van der Waals surface area contributed by atoms with Gasteiger partial charge in [-0.3, -0.25) is 19.2 Å². The first-order valence-corrected chi connectivity index (χ1v) is 9.78. The van der Waals surface area contributed by atoms with Gasteiger partial charge in [0.1, 0.15) is 11.0 Å². The van der Waals surface area contributed by atoms with Crippen LogP contribution in [0.15, 0.2) is 29.6 Å². The van der Waals surface area contributed by atoms with E-state index in [2.05, 4.69) is 10.3 Å². The summed E-state index contributed by atoms with van der Waals surface area (Å²) in [5, 5.41) is 11.7. The summed E-state index contributed by atoms with van der Waals surface area (Å²) in [5.74, 6) is -1.48. The van der Waals surface area contributed by atoms with Gasteiger partial charge in [-0.2, -0.15) is 0 Å². The lowest BCUT2D eigenvalue weighted by Gasteiger charge is -2.14. The average Bonchev–Trinajstić information content (AvgIpc) is 3.18. The molecule has 2 aromatic rings. The molecule has 3 rings (SSSR count). The van der Waals surface area contributed by atoms with Crippen LogP contribution >= 0.6 is 23.1 Å². The number of hydrogen-bond acceptors (Lipinski definition) is 8. The number of carbonyl (C=O) groups is 4. The van der Waals surface area contributed by atoms with Crippen molar-refractivity contribution < 1.29 is 29.0 Å². The summed E-state index contributed by atoms with van der Waals surface area (Å²) in [6, 6.07) is 6.54. The summed E-state index contributed by atoms with van der Waals surface area (Å²) >= 11 is 1.87. The minimum absolute atomic E-state index is 0.205. The van der Waals surface area contributed by atoms with Crippen molar-refractivity contribution in [1.82, 2.24) is 4.98 Å². The van der Waals surface area contributed by atoms with Crippen LogP contribution < -0.4 is 15.0 Å². The third-order valence-electron chi connectivity index (χ3n) is 3.73. The summed E-state index contributed by atoms with van der Waals surface area (Å²) in [4.78, 5) is 52.8. The molecule has 28 heavy (non-hydrogen) atoms. The maximum atomic E-state index is 12.6. The van der Waals surface area contributed by atoms with Crippen molar-refractivity contribution in [2.45, 2.75) is 18.1 Å². The van der Waals surface area contributed by atoms with Gasteiger partial charge in [-0.1, -0.05) is 6.07 Å². The van der Waals surface area contributed by atoms with Gasteiger partial charge >= 0.3 is 5.97 Å². The van der Waals surface area contributed by atoms with Gasteiger partial charge in [0.05, 0.1) is 24.9 Å². The van der Waals surface area contributed by atoms with Crippen LogP contribution in [-0.4, -0.2) is 45.5 Å². The predicted molar refractivity (Wildman–Crippen MR) is 104 cm³/mol. The van der Waals surface area contributed by atoms with E-state index in [1.807, 2.05) is 0 Å². The third-order valence-corrected chi connectivity index (χ3v) is 5.58. The van der Waals surface area contributed by atoms with Gasteiger partial charge in [-0.05, 0) is 23.9 Å². The summed E-state index contributed by atoms with van der Waals surface area (Å²) in [6.45, 7) is 0. The van der Waals surface area contributed by atoms with Crippen LogP contribution in [0.5, 0.6) is 5.75 Å². The van der Waals surface area contributed by atoms with Crippen LogP contribution in [0.25, 0.3) is 0 Å². The van der Waals surface area contributed by atoms with E-state index >= 15 is 0 Å². The molecular weight excluding hydrogens is 406 g/mol. The molecule has 1 atom stereocenters. The van der Waals surface area contributed by atoms with Gasteiger partial charge < -0.3 is 15.2 Å². The van der Waals surface area contributed by atoms with Crippen LogP contribution in [0.2, 0.25) is 0 Å². The molecule has 1 aromatic heterocycles. The van der Waals surface area contributed by atoms with Gasteiger partial charge in [0, 0.05) is 17.9 Å². The van der Waals surface area contributed by atoms with Crippen molar-refractivity contribution in [3.63, 3.8) is 0 Å². The molecule has 1 saturated heterocycles. The Labute approximate surface area is 167 Å². The molecule has 0 bridgehead atoms. The SMILES string of the molecule is COc1cccc(N2C(=O)SC(CC(=O)Nc3nc(CC(=O)O)cs3)C2=O)c1. The van der Waals surface area contributed by atoms with E-state index in [4.69, 9.17) is 9.84 Å². The number of thiazole rings is 1. The zero-order valence-electron chi connectivity index (χ0n) is 14.6. The number of ether oxygens (including phenoxy) is 1. The second-order valence-electron chi connectivity index (χ2n) is 5.71. The molecule has 0 aliphatic carbocycles. The Balaban J connectivity index is 1.64. The van der Waals surface area contributed by atoms with Crippen molar-refractivity contribution in [2.24, 2.45) is 0 Å². The van der Waals surface area contributed by atoms with E-state index in [1.54, 1.807) is 24.3 Å². The Kier molecular flexibility index (Phi) is 5.95. The third kappa shape index (κ3) is 4.49. The van der Waals surface area contributed by atoms with Gasteiger partial charge in [-0.15, -0.1) is 11.3 Å².